The Balaban J connectivity index is 1.48. The third-order valence-corrected chi connectivity index (χ3v) is 5.60. The molecular formula is C27H30O6. The maximum Gasteiger partial charge on any atom is 0.331 e. The number of ether oxygens (including phenoxy) is 4. The number of esters is 2. The van der Waals surface area contributed by atoms with Gasteiger partial charge >= 0.3 is 11.9 Å². The van der Waals surface area contributed by atoms with Crippen LogP contribution in [0.2, 0.25) is 0 Å². The topological polar surface area (TPSA) is 71.1 Å². The van der Waals surface area contributed by atoms with Crippen molar-refractivity contribution in [3.63, 3.8) is 0 Å². The molecule has 2 aromatic carbocycles. The average molecular weight is 451 g/mol. The van der Waals surface area contributed by atoms with Gasteiger partial charge in [0.15, 0.2) is 0 Å². The molecule has 6 heteroatoms. The third-order valence-electron chi connectivity index (χ3n) is 5.60. The van der Waals surface area contributed by atoms with Gasteiger partial charge in [0.1, 0.15) is 17.6 Å². The van der Waals surface area contributed by atoms with Gasteiger partial charge in [-0.1, -0.05) is 30.7 Å². The van der Waals surface area contributed by atoms with Crippen LogP contribution in [-0.4, -0.2) is 38.9 Å². The molecule has 0 spiro atoms. The molecular weight excluding hydrogens is 420 g/mol. The van der Waals surface area contributed by atoms with Crippen molar-refractivity contribution in [2.45, 2.75) is 31.8 Å². The van der Waals surface area contributed by atoms with E-state index in [1.54, 1.807) is 26.4 Å². The van der Waals surface area contributed by atoms with Crippen molar-refractivity contribution in [1.82, 2.24) is 0 Å². The molecule has 0 unspecified atom stereocenters. The smallest absolute Gasteiger partial charge is 0.331 e. The van der Waals surface area contributed by atoms with E-state index in [9.17, 15) is 9.59 Å². The number of carbonyl (C=O) groups excluding carboxylic acids is 2. The summed E-state index contributed by atoms with van der Waals surface area (Å²) in [5.41, 5.74) is 1.76. The normalized spacial score (nSPS) is 18.2. The molecule has 6 nitrogen and oxygen atoms in total. The van der Waals surface area contributed by atoms with Gasteiger partial charge in [0.05, 0.1) is 20.8 Å². The molecule has 174 valence electrons. The first-order chi connectivity index (χ1) is 16.1. The van der Waals surface area contributed by atoms with Gasteiger partial charge in [-0.05, 0) is 66.8 Å². The van der Waals surface area contributed by atoms with E-state index in [4.69, 9.17) is 18.9 Å². The van der Waals surface area contributed by atoms with E-state index in [1.165, 1.54) is 12.2 Å². The second-order valence-corrected chi connectivity index (χ2v) is 7.86. The van der Waals surface area contributed by atoms with E-state index in [1.807, 2.05) is 48.5 Å². The molecule has 3 rings (SSSR count). The average Bonchev–Trinajstić information content (AvgIpc) is 2.86. The number of rotatable bonds is 9. The summed E-state index contributed by atoms with van der Waals surface area (Å²) < 4.78 is 21.4. The number of benzene rings is 2. The van der Waals surface area contributed by atoms with Gasteiger partial charge in [0.2, 0.25) is 0 Å². The highest BCUT2D eigenvalue weighted by Gasteiger charge is 2.28. The minimum absolute atomic E-state index is 0.00424. The predicted octanol–water partition coefficient (Wildman–Crippen LogP) is 5.08. The molecule has 1 aliphatic rings. The Kier molecular flexibility index (Phi) is 9.12. The molecule has 1 saturated carbocycles. The lowest BCUT2D eigenvalue weighted by Gasteiger charge is -2.30. The fraction of sp³-hybridized carbons (Fsp3) is 0.333. The third kappa shape index (κ3) is 7.83. The first-order valence-electron chi connectivity index (χ1n) is 11.1. The van der Waals surface area contributed by atoms with Crippen LogP contribution < -0.4 is 9.47 Å². The summed E-state index contributed by atoms with van der Waals surface area (Å²) in [6.45, 7) is 0.228. The number of hydrogen-bond donors (Lipinski definition) is 0. The van der Waals surface area contributed by atoms with Crippen LogP contribution in [0.4, 0.5) is 0 Å². The molecule has 0 aromatic heterocycles. The van der Waals surface area contributed by atoms with Gasteiger partial charge in [-0.15, -0.1) is 0 Å². The zero-order chi connectivity index (χ0) is 23.5. The summed E-state index contributed by atoms with van der Waals surface area (Å²) in [4.78, 5) is 24.5. The van der Waals surface area contributed by atoms with Gasteiger partial charge in [0, 0.05) is 18.1 Å². The molecule has 1 aliphatic carbocycles. The highest BCUT2D eigenvalue weighted by molar-refractivity contribution is 5.87. The van der Waals surface area contributed by atoms with E-state index in [2.05, 4.69) is 0 Å². The minimum Gasteiger partial charge on any atom is -0.497 e. The van der Waals surface area contributed by atoms with Crippen molar-refractivity contribution >= 4 is 24.1 Å². The van der Waals surface area contributed by atoms with Crippen molar-refractivity contribution < 1.29 is 28.5 Å². The highest BCUT2D eigenvalue weighted by atomic mass is 16.6. The van der Waals surface area contributed by atoms with Crippen molar-refractivity contribution in [3.8, 4) is 11.5 Å². The lowest BCUT2D eigenvalue weighted by atomic mass is 9.87. The Morgan fingerprint density at radius 2 is 1.30 bits per heavy atom. The van der Waals surface area contributed by atoms with Crippen molar-refractivity contribution in [2.75, 3.05) is 20.8 Å². The summed E-state index contributed by atoms with van der Waals surface area (Å²) in [5, 5.41) is 0. The standard InChI is InChI=1S/C27H30O6/c1-30-23-13-7-20(8-14-23)11-17-26(28)32-19-22-5-3-4-6-25(22)33-27(29)18-12-21-9-15-24(31-2)16-10-21/h7-18,22,25H,3-6,19H2,1-2H3/b17-11+,18-12+/t22-,25+/m0/s1. The van der Waals surface area contributed by atoms with E-state index >= 15 is 0 Å². The molecule has 0 bridgehead atoms. The Morgan fingerprint density at radius 3 is 1.85 bits per heavy atom. The van der Waals surface area contributed by atoms with Crippen LogP contribution in [0.5, 0.6) is 11.5 Å². The fourth-order valence-corrected chi connectivity index (χ4v) is 3.70. The lowest BCUT2D eigenvalue weighted by molar-refractivity contribution is -0.151. The lowest BCUT2D eigenvalue weighted by Crippen LogP contribution is -2.33. The molecule has 0 amide bonds. The molecule has 33 heavy (non-hydrogen) atoms. The molecule has 2 aromatic rings. The van der Waals surface area contributed by atoms with Crippen LogP contribution in [0.1, 0.15) is 36.8 Å². The van der Waals surface area contributed by atoms with E-state index < -0.39 is 11.9 Å². The summed E-state index contributed by atoms with van der Waals surface area (Å²) in [7, 11) is 3.21. The van der Waals surface area contributed by atoms with E-state index in [0.29, 0.717) is 0 Å². The predicted molar refractivity (Wildman–Crippen MR) is 127 cm³/mol. The molecule has 0 aliphatic heterocycles. The van der Waals surface area contributed by atoms with Crippen LogP contribution in [-0.2, 0) is 19.1 Å². The highest BCUT2D eigenvalue weighted by Crippen LogP contribution is 2.27. The molecule has 0 radical (unpaired) electrons. The first kappa shape index (κ1) is 24.1. The first-order valence-corrected chi connectivity index (χ1v) is 11.1. The van der Waals surface area contributed by atoms with Crippen LogP contribution in [0.3, 0.4) is 0 Å². The van der Waals surface area contributed by atoms with Crippen molar-refractivity contribution in [2.24, 2.45) is 5.92 Å². The fourth-order valence-electron chi connectivity index (χ4n) is 3.70. The van der Waals surface area contributed by atoms with E-state index in [-0.39, 0.29) is 18.6 Å². The van der Waals surface area contributed by atoms with Gasteiger partial charge in [0.25, 0.3) is 0 Å². The summed E-state index contributed by atoms with van der Waals surface area (Å²) in [6.07, 6.45) is 9.63. The maximum atomic E-state index is 12.3. The summed E-state index contributed by atoms with van der Waals surface area (Å²) >= 11 is 0. The van der Waals surface area contributed by atoms with Gasteiger partial charge in [-0.25, -0.2) is 9.59 Å². The van der Waals surface area contributed by atoms with Crippen LogP contribution >= 0.6 is 0 Å². The number of methoxy groups -OCH3 is 2. The van der Waals surface area contributed by atoms with Crippen LogP contribution in [0.25, 0.3) is 12.2 Å². The Hall–Kier alpha value is -3.54. The number of hydrogen-bond acceptors (Lipinski definition) is 6. The van der Waals surface area contributed by atoms with Gasteiger partial charge in [-0.3, -0.25) is 0 Å². The quantitative estimate of drug-likeness (QED) is 0.392. The number of carbonyl (C=O) groups is 2. The second kappa shape index (κ2) is 12.5. The Bertz CT molecular complexity index is 959. The zero-order valence-corrected chi connectivity index (χ0v) is 19.1. The van der Waals surface area contributed by atoms with Crippen LogP contribution in [0.15, 0.2) is 60.7 Å². The van der Waals surface area contributed by atoms with E-state index in [0.717, 1.165) is 48.3 Å². The van der Waals surface area contributed by atoms with Gasteiger partial charge < -0.3 is 18.9 Å². The largest absolute Gasteiger partial charge is 0.497 e. The molecule has 2 atom stereocenters. The van der Waals surface area contributed by atoms with Crippen molar-refractivity contribution in [1.29, 1.82) is 0 Å². The SMILES string of the molecule is COc1ccc(/C=C/C(=O)OC[C@@H]2CCCC[C@H]2OC(=O)/C=C/c2ccc(OC)cc2)cc1. The molecule has 0 saturated heterocycles. The Morgan fingerprint density at radius 1 is 0.788 bits per heavy atom. The van der Waals surface area contributed by atoms with Crippen molar-refractivity contribution in [3.05, 3.63) is 71.8 Å². The molecule has 0 heterocycles. The summed E-state index contributed by atoms with van der Waals surface area (Å²) in [5.74, 6) is 0.698. The Labute approximate surface area is 194 Å². The molecule has 0 N–H and O–H groups in total. The zero-order valence-electron chi connectivity index (χ0n) is 19.1. The summed E-state index contributed by atoms with van der Waals surface area (Å²) in [6, 6.07) is 14.8. The molecule has 1 fully saturated rings. The maximum absolute atomic E-state index is 12.3. The minimum atomic E-state index is -0.416. The second-order valence-electron chi connectivity index (χ2n) is 7.86. The monoisotopic (exact) mass is 450 g/mol. The van der Waals surface area contributed by atoms with Gasteiger partial charge in [-0.2, -0.15) is 0 Å². The van der Waals surface area contributed by atoms with Crippen LogP contribution in [0, 0.1) is 5.92 Å².